The van der Waals surface area contributed by atoms with Crippen LogP contribution in [0.1, 0.15) is 18.0 Å². The largest absolute Gasteiger partial charge is 0.394 e. The maximum atomic E-state index is 10.6. The number of nitrogens with zero attached hydrogens (tertiary/aromatic N) is 2. The molecule has 0 saturated heterocycles. The smallest absolute Gasteiger partial charge is 0.221 e. The molecular formula is C11H14ClN5O2. The lowest BCUT2D eigenvalue weighted by atomic mass is 9.94. The second-order valence-electron chi connectivity index (χ2n) is 4.46. The van der Waals surface area contributed by atoms with E-state index in [1.165, 1.54) is 0 Å². The molecule has 0 saturated carbocycles. The van der Waals surface area contributed by atoms with Crippen molar-refractivity contribution in [3.05, 3.63) is 23.0 Å². The van der Waals surface area contributed by atoms with Crippen LogP contribution in [0.2, 0.25) is 5.15 Å². The molecule has 2 rings (SSSR count). The number of hydrogen-bond donors (Lipinski definition) is 4. The van der Waals surface area contributed by atoms with Crippen molar-refractivity contribution >= 4 is 29.6 Å². The number of nitrogen functional groups attached to an aromatic ring is 1. The molecule has 0 unspecified atom stereocenters. The van der Waals surface area contributed by atoms with Gasteiger partial charge in [0.05, 0.1) is 17.8 Å². The second kappa shape index (κ2) is 5.12. The molecule has 1 aliphatic carbocycles. The Morgan fingerprint density at radius 3 is 2.95 bits per heavy atom. The summed E-state index contributed by atoms with van der Waals surface area (Å²) in [5.74, 6) is -0.175. The summed E-state index contributed by atoms with van der Waals surface area (Å²) in [6.45, 7) is -0.176. The molecule has 19 heavy (non-hydrogen) atoms. The average Bonchev–Trinajstić information content (AvgIpc) is 2.76. The molecular weight excluding hydrogens is 270 g/mol. The van der Waals surface area contributed by atoms with E-state index in [0.29, 0.717) is 24.2 Å². The van der Waals surface area contributed by atoms with Crippen LogP contribution in [-0.2, 0) is 4.79 Å². The van der Waals surface area contributed by atoms with Crippen molar-refractivity contribution in [3.63, 3.8) is 0 Å². The van der Waals surface area contributed by atoms with Crippen molar-refractivity contribution in [1.29, 1.82) is 0 Å². The second-order valence-corrected chi connectivity index (χ2v) is 4.81. The molecule has 1 aliphatic rings. The van der Waals surface area contributed by atoms with Crippen LogP contribution in [0, 0.1) is 0 Å². The summed E-state index contributed by atoms with van der Waals surface area (Å²) in [6.07, 6.45) is 4.47. The number of aromatic nitrogens is 2. The number of nitrogens with two attached hydrogens (primary N) is 2. The first-order chi connectivity index (χ1) is 8.99. The number of rotatable bonds is 4. The Bertz CT molecular complexity index is 536. The number of amides is 1. The van der Waals surface area contributed by atoms with Gasteiger partial charge in [0.15, 0.2) is 5.15 Å². The predicted molar refractivity (Wildman–Crippen MR) is 71.6 cm³/mol. The molecule has 7 nitrogen and oxygen atoms in total. The molecule has 0 radical (unpaired) electrons. The molecule has 0 aromatic carbocycles. The number of aliphatic hydroxyl groups is 1. The van der Waals surface area contributed by atoms with Crippen molar-refractivity contribution in [1.82, 2.24) is 9.97 Å². The lowest BCUT2D eigenvalue weighted by molar-refractivity contribution is -0.105. The SMILES string of the molecule is Nc1nc(Cl)c(NC=O)c([C@@H]2C=C[C@@](N)(CO)C2)n1. The predicted octanol–water partition coefficient (Wildman–Crippen LogP) is 0.0138. The first-order valence-corrected chi connectivity index (χ1v) is 5.99. The number of hydrogen-bond acceptors (Lipinski definition) is 6. The van der Waals surface area contributed by atoms with Gasteiger partial charge in [-0.15, -0.1) is 0 Å². The highest BCUT2D eigenvalue weighted by atomic mass is 35.5. The summed E-state index contributed by atoms with van der Waals surface area (Å²) in [4.78, 5) is 18.5. The Hall–Kier alpha value is -1.70. The number of aliphatic hydroxyl groups excluding tert-OH is 1. The molecule has 0 spiro atoms. The van der Waals surface area contributed by atoms with E-state index in [-0.39, 0.29) is 23.6 Å². The fourth-order valence-electron chi connectivity index (χ4n) is 2.09. The Morgan fingerprint density at radius 2 is 2.37 bits per heavy atom. The minimum absolute atomic E-state index is 0.0170. The van der Waals surface area contributed by atoms with E-state index in [9.17, 15) is 9.90 Å². The zero-order chi connectivity index (χ0) is 14.0. The number of nitrogens with one attached hydrogen (secondary N) is 1. The van der Waals surface area contributed by atoms with Crippen LogP contribution in [0.25, 0.3) is 0 Å². The van der Waals surface area contributed by atoms with Crippen LogP contribution < -0.4 is 16.8 Å². The normalized spacial score (nSPS) is 25.5. The van der Waals surface area contributed by atoms with Gasteiger partial charge in [0, 0.05) is 5.92 Å². The highest BCUT2D eigenvalue weighted by molar-refractivity contribution is 6.32. The maximum absolute atomic E-state index is 10.6. The summed E-state index contributed by atoms with van der Waals surface area (Å²) >= 11 is 5.94. The number of carbonyl (C=O) groups is 1. The van der Waals surface area contributed by atoms with Gasteiger partial charge >= 0.3 is 0 Å². The van der Waals surface area contributed by atoms with Gasteiger partial charge in [-0.3, -0.25) is 4.79 Å². The van der Waals surface area contributed by atoms with Gasteiger partial charge in [0.2, 0.25) is 12.4 Å². The molecule has 1 aromatic heterocycles. The maximum Gasteiger partial charge on any atom is 0.221 e. The van der Waals surface area contributed by atoms with Gasteiger partial charge in [0.1, 0.15) is 5.69 Å². The van der Waals surface area contributed by atoms with Gasteiger partial charge in [-0.2, -0.15) is 4.98 Å². The fourth-order valence-corrected chi connectivity index (χ4v) is 2.32. The lowest BCUT2D eigenvalue weighted by Gasteiger charge is -2.21. The Morgan fingerprint density at radius 1 is 1.63 bits per heavy atom. The van der Waals surface area contributed by atoms with Crippen molar-refractivity contribution < 1.29 is 9.90 Å². The number of anilines is 2. The molecule has 2 atom stereocenters. The van der Waals surface area contributed by atoms with Crippen LogP contribution in [0.4, 0.5) is 11.6 Å². The van der Waals surface area contributed by atoms with E-state index in [0.717, 1.165) is 0 Å². The molecule has 1 aromatic rings. The average molecular weight is 284 g/mol. The van der Waals surface area contributed by atoms with Crippen LogP contribution >= 0.6 is 11.6 Å². The van der Waals surface area contributed by atoms with Gasteiger partial charge in [-0.05, 0) is 6.42 Å². The molecule has 6 N–H and O–H groups in total. The van der Waals surface area contributed by atoms with E-state index in [1.807, 2.05) is 6.08 Å². The summed E-state index contributed by atoms with van der Waals surface area (Å²) in [5.41, 5.74) is 11.5. The third kappa shape index (κ3) is 2.67. The first kappa shape index (κ1) is 13.7. The molecule has 0 aliphatic heterocycles. The third-order valence-corrected chi connectivity index (χ3v) is 3.29. The van der Waals surface area contributed by atoms with E-state index in [1.54, 1.807) is 6.08 Å². The highest BCUT2D eigenvalue weighted by Crippen LogP contribution is 2.38. The zero-order valence-electron chi connectivity index (χ0n) is 10.0. The van der Waals surface area contributed by atoms with Crippen LogP contribution in [-0.4, -0.2) is 33.6 Å². The first-order valence-electron chi connectivity index (χ1n) is 5.61. The number of allylic oxidation sites excluding steroid dienone is 1. The Kier molecular flexibility index (Phi) is 3.70. The van der Waals surface area contributed by atoms with Crippen LogP contribution in [0.5, 0.6) is 0 Å². The summed E-state index contributed by atoms with van der Waals surface area (Å²) in [6, 6.07) is 0. The summed E-state index contributed by atoms with van der Waals surface area (Å²) < 4.78 is 0. The minimum atomic E-state index is -0.796. The van der Waals surface area contributed by atoms with Gasteiger partial charge < -0.3 is 21.9 Å². The summed E-state index contributed by atoms with van der Waals surface area (Å²) in [7, 11) is 0. The molecule has 0 bridgehead atoms. The Labute approximate surface area is 114 Å². The number of carbonyl (C=O) groups excluding carboxylic acids is 1. The van der Waals surface area contributed by atoms with Crippen molar-refractivity contribution in [3.8, 4) is 0 Å². The van der Waals surface area contributed by atoms with E-state index in [2.05, 4.69) is 15.3 Å². The molecule has 1 amide bonds. The van der Waals surface area contributed by atoms with Crippen molar-refractivity contribution in [2.45, 2.75) is 17.9 Å². The molecule has 8 heteroatoms. The minimum Gasteiger partial charge on any atom is -0.394 e. The van der Waals surface area contributed by atoms with Crippen LogP contribution in [0.15, 0.2) is 12.2 Å². The van der Waals surface area contributed by atoms with E-state index < -0.39 is 5.54 Å². The topological polar surface area (TPSA) is 127 Å². The third-order valence-electron chi connectivity index (χ3n) is 3.02. The van der Waals surface area contributed by atoms with Gasteiger partial charge in [0.25, 0.3) is 0 Å². The molecule has 1 heterocycles. The van der Waals surface area contributed by atoms with Gasteiger partial charge in [-0.1, -0.05) is 23.8 Å². The quantitative estimate of drug-likeness (QED) is 0.350. The summed E-state index contributed by atoms with van der Waals surface area (Å²) in [5, 5.41) is 11.8. The number of halogens is 1. The zero-order valence-corrected chi connectivity index (χ0v) is 10.8. The lowest BCUT2D eigenvalue weighted by Crippen LogP contribution is -2.40. The standard InChI is InChI=1S/C11H14ClN5O2/c12-9-8(15-5-19)7(16-10(13)17-9)6-1-2-11(14,3-6)4-18/h1-2,5-6,18H,3-4,14H2,(H,15,19)(H2,13,16,17)/t6-,11+/m1/s1. The molecule has 0 fully saturated rings. The van der Waals surface area contributed by atoms with Crippen LogP contribution in [0.3, 0.4) is 0 Å². The van der Waals surface area contributed by atoms with Gasteiger partial charge in [-0.25, -0.2) is 4.98 Å². The van der Waals surface area contributed by atoms with Crippen molar-refractivity contribution in [2.24, 2.45) is 5.73 Å². The van der Waals surface area contributed by atoms with E-state index in [4.69, 9.17) is 23.1 Å². The Balaban J connectivity index is 2.40. The molecule has 102 valence electrons. The van der Waals surface area contributed by atoms with Crippen molar-refractivity contribution in [2.75, 3.05) is 17.7 Å². The van der Waals surface area contributed by atoms with E-state index >= 15 is 0 Å². The monoisotopic (exact) mass is 283 g/mol. The highest BCUT2D eigenvalue weighted by Gasteiger charge is 2.33. The fraction of sp³-hybridized carbons (Fsp3) is 0.364.